The van der Waals surface area contributed by atoms with Crippen LogP contribution in [0.3, 0.4) is 0 Å². The maximum atomic E-state index is 12.7. The lowest BCUT2D eigenvalue weighted by molar-refractivity contribution is 0.0733. The summed E-state index contributed by atoms with van der Waals surface area (Å²) in [6, 6.07) is 21.2. The highest BCUT2D eigenvalue weighted by Crippen LogP contribution is 2.23. The highest BCUT2D eigenvalue weighted by atomic mass is 16.5. The minimum atomic E-state index is -0.506. The number of para-hydroxylation sites is 2. The molecule has 3 aromatic carbocycles. The molecule has 4 nitrogen and oxygen atoms in total. The zero-order valence-electron chi connectivity index (χ0n) is 15.7. The van der Waals surface area contributed by atoms with E-state index in [0.717, 1.165) is 11.1 Å². The van der Waals surface area contributed by atoms with Gasteiger partial charge in [-0.15, -0.1) is 0 Å². The van der Waals surface area contributed by atoms with Crippen molar-refractivity contribution in [1.29, 1.82) is 0 Å². The standard InChI is InChI=1S/C24H20O4/c1-17-11-13-19(14-12-17)24(26)28-23-10-6-4-8-20(23)21(25)16-15-18-7-3-5-9-22(18)27-2/h3-16H,1-2H3/b16-15+. The van der Waals surface area contributed by atoms with Gasteiger partial charge in [-0.25, -0.2) is 4.79 Å². The van der Waals surface area contributed by atoms with Crippen molar-refractivity contribution in [2.75, 3.05) is 7.11 Å². The van der Waals surface area contributed by atoms with Gasteiger partial charge in [-0.2, -0.15) is 0 Å². The summed E-state index contributed by atoms with van der Waals surface area (Å²) in [5.74, 6) is 0.126. The normalized spacial score (nSPS) is 10.6. The van der Waals surface area contributed by atoms with Crippen molar-refractivity contribution >= 4 is 17.8 Å². The number of carbonyl (C=O) groups is 2. The summed E-state index contributed by atoms with van der Waals surface area (Å²) in [6.45, 7) is 1.94. The Morgan fingerprint density at radius 3 is 2.18 bits per heavy atom. The molecular weight excluding hydrogens is 352 g/mol. The quantitative estimate of drug-likeness (QED) is 0.261. The van der Waals surface area contributed by atoms with Gasteiger partial charge in [0, 0.05) is 5.56 Å². The lowest BCUT2D eigenvalue weighted by Gasteiger charge is -2.08. The van der Waals surface area contributed by atoms with Crippen molar-refractivity contribution in [3.8, 4) is 11.5 Å². The van der Waals surface area contributed by atoms with E-state index in [1.54, 1.807) is 49.6 Å². The molecule has 140 valence electrons. The highest BCUT2D eigenvalue weighted by Gasteiger charge is 2.14. The number of esters is 1. The van der Waals surface area contributed by atoms with Gasteiger partial charge >= 0.3 is 5.97 Å². The Morgan fingerprint density at radius 2 is 1.46 bits per heavy atom. The van der Waals surface area contributed by atoms with E-state index in [1.807, 2.05) is 43.3 Å². The van der Waals surface area contributed by atoms with Crippen LogP contribution < -0.4 is 9.47 Å². The fourth-order valence-corrected chi connectivity index (χ4v) is 2.67. The van der Waals surface area contributed by atoms with Gasteiger partial charge in [0.25, 0.3) is 0 Å². The van der Waals surface area contributed by atoms with Crippen molar-refractivity contribution in [2.45, 2.75) is 6.92 Å². The summed E-state index contributed by atoms with van der Waals surface area (Å²) in [7, 11) is 1.58. The molecular formula is C24H20O4. The average Bonchev–Trinajstić information content (AvgIpc) is 2.73. The molecule has 0 amide bonds. The number of benzene rings is 3. The maximum Gasteiger partial charge on any atom is 0.343 e. The Labute approximate surface area is 164 Å². The molecule has 4 heteroatoms. The summed E-state index contributed by atoms with van der Waals surface area (Å²) >= 11 is 0. The summed E-state index contributed by atoms with van der Waals surface area (Å²) in [4.78, 5) is 25.1. The average molecular weight is 372 g/mol. The zero-order chi connectivity index (χ0) is 19.9. The number of hydrogen-bond acceptors (Lipinski definition) is 4. The van der Waals surface area contributed by atoms with Crippen LogP contribution in [0.15, 0.2) is 78.9 Å². The fourth-order valence-electron chi connectivity index (χ4n) is 2.67. The third kappa shape index (κ3) is 4.54. The van der Waals surface area contributed by atoms with E-state index in [0.29, 0.717) is 16.9 Å². The molecule has 0 N–H and O–H groups in total. The minimum Gasteiger partial charge on any atom is -0.496 e. The van der Waals surface area contributed by atoms with Crippen molar-refractivity contribution in [3.05, 3.63) is 101 Å². The number of carbonyl (C=O) groups excluding carboxylic acids is 2. The van der Waals surface area contributed by atoms with Gasteiger partial charge in [0.2, 0.25) is 0 Å². The number of rotatable bonds is 6. The smallest absolute Gasteiger partial charge is 0.343 e. The lowest BCUT2D eigenvalue weighted by atomic mass is 10.1. The Bertz CT molecular complexity index is 1020. The van der Waals surface area contributed by atoms with Crippen LogP contribution in [0, 0.1) is 6.92 Å². The van der Waals surface area contributed by atoms with Crippen molar-refractivity contribution < 1.29 is 19.1 Å². The topological polar surface area (TPSA) is 52.6 Å². The van der Waals surface area contributed by atoms with Gasteiger partial charge in [0.15, 0.2) is 5.78 Å². The third-order valence-corrected chi connectivity index (χ3v) is 4.20. The number of ketones is 1. The largest absolute Gasteiger partial charge is 0.496 e. The van der Waals surface area contributed by atoms with E-state index in [4.69, 9.17) is 9.47 Å². The molecule has 0 saturated carbocycles. The molecule has 0 spiro atoms. The van der Waals surface area contributed by atoms with Gasteiger partial charge in [0.05, 0.1) is 18.2 Å². The fraction of sp³-hybridized carbons (Fsp3) is 0.0833. The SMILES string of the molecule is COc1ccccc1/C=C/C(=O)c1ccccc1OC(=O)c1ccc(C)cc1. The van der Waals surface area contributed by atoms with E-state index in [9.17, 15) is 9.59 Å². The Morgan fingerprint density at radius 1 is 0.821 bits per heavy atom. The molecule has 0 unspecified atom stereocenters. The number of aryl methyl sites for hydroxylation is 1. The van der Waals surface area contributed by atoms with E-state index >= 15 is 0 Å². The summed E-state index contributed by atoms with van der Waals surface area (Å²) in [6.07, 6.45) is 3.12. The Kier molecular flexibility index (Phi) is 6.02. The molecule has 0 saturated heterocycles. The monoisotopic (exact) mass is 372 g/mol. The summed E-state index contributed by atoms with van der Waals surface area (Å²) in [5.41, 5.74) is 2.58. The molecule has 3 rings (SSSR count). The first-order valence-corrected chi connectivity index (χ1v) is 8.82. The Balaban J connectivity index is 1.81. The van der Waals surface area contributed by atoms with Gasteiger partial charge in [-0.05, 0) is 49.4 Å². The molecule has 28 heavy (non-hydrogen) atoms. The molecule has 0 bridgehead atoms. The molecule has 0 radical (unpaired) electrons. The second kappa shape index (κ2) is 8.82. The van der Waals surface area contributed by atoms with E-state index in [-0.39, 0.29) is 11.5 Å². The highest BCUT2D eigenvalue weighted by molar-refractivity contribution is 6.09. The van der Waals surface area contributed by atoms with E-state index in [1.165, 1.54) is 6.08 Å². The third-order valence-electron chi connectivity index (χ3n) is 4.20. The molecule has 0 aliphatic rings. The molecule has 0 aliphatic heterocycles. The van der Waals surface area contributed by atoms with Crippen LogP contribution in [-0.2, 0) is 0 Å². The van der Waals surface area contributed by atoms with Crippen molar-refractivity contribution in [3.63, 3.8) is 0 Å². The van der Waals surface area contributed by atoms with Gasteiger partial charge < -0.3 is 9.47 Å². The van der Waals surface area contributed by atoms with Crippen LogP contribution in [0.25, 0.3) is 6.08 Å². The minimum absolute atomic E-state index is 0.225. The van der Waals surface area contributed by atoms with Crippen molar-refractivity contribution in [1.82, 2.24) is 0 Å². The van der Waals surface area contributed by atoms with Crippen LogP contribution in [0.4, 0.5) is 0 Å². The first-order chi connectivity index (χ1) is 13.6. The second-order valence-corrected chi connectivity index (χ2v) is 6.19. The molecule has 0 heterocycles. The van der Waals surface area contributed by atoms with E-state index < -0.39 is 5.97 Å². The zero-order valence-corrected chi connectivity index (χ0v) is 15.7. The van der Waals surface area contributed by atoms with Crippen LogP contribution in [0.1, 0.15) is 31.8 Å². The lowest BCUT2D eigenvalue weighted by Crippen LogP contribution is -2.11. The van der Waals surface area contributed by atoms with Crippen molar-refractivity contribution in [2.24, 2.45) is 0 Å². The van der Waals surface area contributed by atoms with Gasteiger partial charge in [-0.1, -0.05) is 48.0 Å². The van der Waals surface area contributed by atoms with Crippen LogP contribution >= 0.6 is 0 Å². The number of ether oxygens (including phenoxy) is 2. The van der Waals surface area contributed by atoms with Crippen LogP contribution in [-0.4, -0.2) is 18.9 Å². The molecule has 0 aliphatic carbocycles. The first-order valence-electron chi connectivity index (χ1n) is 8.82. The number of allylic oxidation sites excluding steroid dienone is 1. The second-order valence-electron chi connectivity index (χ2n) is 6.19. The molecule has 0 fully saturated rings. The first kappa shape index (κ1) is 19.1. The van der Waals surface area contributed by atoms with Gasteiger partial charge in [-0.3, -0.25) is 4.79 Å². The van der Waals surface area contributed by atoms with Gasteiger partial charge in [0.1, 0.15) is 11.5 Å². The van der Waals surface area contributed by atoms with Crippen LogP contribution in [0.5, 0.6) is 11.5 Å². The van der Waals surface area contributed by atoms with Crippen LogP contribution in [0.2, 0.25) is 0 Å². The summed E-state index contributed by atoms with van der Waals surface area (Å²) < 4.78 is 10.8. The number of methoxy groups -OCH3 is 1. The predicted octanol–water partition coefficient (Wildman–Crippen LogP) is 5.12. The number of hydrogen-bond donors (Lipinski definition) is 0. The summed E-state index contributed by atoms with van der Waals surface area (Å²) in [5, 5.41) is 0. The molecule has 0 atom stereocenters. The Hall–Kier alpha value is -3.66. The van der Waals surface area contributed by atoms with E-state index in [2.05, 4.69) is 0 Å². The molecule has 3 aromatic rings. The molecule has 0 aromatic heterocycles. The predicted molar refractivity (Wildman–Crippen MR) is 109 cm³/mol. The maximum absolute atomic E-state index is 12.7.